The Kier molecular flexibility index (Phi) is 5.21. The fraction of sp³-hybridized carbons (Fsp3) is 0.409. The van der Waals surface area contributed by atoms with Gasteiger partial charge in [-0.05, 0) is 49.6 Å². The van der Waals surface area contributed by atoms with Gasteiger partial charge in [-0.2, -0.15) is 0 Å². The van der Waals surface area contributed by atoms with Crippen molar-refractivity contribution in [1.29, 1.82) is 0 Å². The van der Waals surface area contributed by atoms with Gasteiger partial charge >= 0.3 is 0 Å². The third kappa shape index (κ3) is 3.56. The zero-order chi connectivity index (χ0) is 19.9. The number of nitrogens with zero attached hydrogens (tertiary/aromatic N) is 1. The lowest BCUT2D eigenvalue weighted by Crippen LogP contribution is -2.37. The average Bonchev–Trinajstić information content (AvgIpc) is 2.67. The van der Waals surface area contributed by atoms with Crippen molar-refractivity contribution in [3.8, 4) is 0 Å². The molecule has 1 N–H and O–H groups in total. The van der Waals surface area contributed by atoms with Gasteiger partial charge in [-0.15, -0.1) is 0 Å². The Balaban J connectivity index is 1.61. The molecule has 2 atom stereocenters. The van der Waals surface area contributed by atoms with Crippen molar-refractivity contribution < 1.29 is 19.0 Å². The van der Waals surface area contributed by atoms with Crippen molar-refractivity contribution in [2.45, 2.75) is 54.1 Å². The Labute approximate surface area is 168 Å². The van der Waals surface area contributed by atoms with E-state index in [1.165, 1.54) is 16.7 Å². The van der Waals surface area contributed by atoms with Crippen LogP contribution in [0.5, 0.6) is 0 Å². The molecule has 2 unspecified atom stereocenters. The minimum atomic E-state index is -0.536. The van der Waals surface area contributed by atoms with Crippen molar-refractivity contribution in [3.05, 3.63) is 53.3 Å². The summed E-state index contributed by atoms with van der Waals surface area (Å²) < 4.78 is 21.1. The standard InChI is InChI=1S/C22H24FNO3S/c1-22(13-15(25)10-11-27-22)14-4-3-5-16(12-14)28-19-8-7-18-17(21(19)23)6-9-20(26)24(18)2/h3-5,7-8,12,15,25H,6,9-11,13H2,1-2H3. The van der Waals surface area contributed by atoms with Gasteiger partial charge in [0.15, 0.2) is 0 Å². The van der Waals surface area contributed by atoms with Crippen LogP contribution in [0, 0.1) is 5.82 Å². The van der Waals surface area contributed by atoms with E-state index >= 15 is 4.39 Å². The third-order valence-corrected chi connectivity index (χ3v) is 6.70. The first-order valence-electron chi connectivity index (χ1n) is 9.56. The highest BCUT2D eigenvalue weighted by atomic mass is 32.2. The predicted octanol–water partition coefficient (Wildman–Crippen LogP) is 4.27. The molecule has 4 nitrogen and oxygen atoms in total. The monoisotopic (exact) mass is 401 g/mol. The van der Waals surface area contributed by atoms with Crippen LogP contribution in [0.3, 0.4) is 0 Å². The van der Waals surface area contributed by atoms with Crippen LogP contribution in [0.4, 0.5) is 10.1 Å². The number of fused-ring (bicyclic) bond motifs is 1. The summed E-state index contributed by atoms with van der Waals surface area (Å²) in [4.78, 5) is 14.9. The lowest BCUT2D eigenvalue weighted by atomic mass is 9.87. The Morgan fingerprint density at radius 1 is 1.29 bits per heavy atom. The maximum Gasteiger partial charge on any atom is 0.227 e. The summed E-state index contributed by atoms with van der Waals surface area (Å²) in [6.45, 7) is 2.52. The van der Waals surface area contributed by atoms with E-state index in [-0.39, 0.29) is 17.8 Å². The summed E-state index contributed by atoms with van der Waals surface area (Å²) in [7, 11) is 1.69. The fourth-order valence-corrected chi connectivity index (χ4v) is 4.94. The van der Waals surface area contributed by atoms with Crippen LogP contribution in [-0.4, -0.2) is 30.8 Å². The lowest BCUT2D eigenvalue weighted by molar-refractivity contribution is -0.118. The molecule has 1 fully saturated rings. The Morgan fingerprint density at radius 3 is 2.89 bits per heavy atom. The van der Waals surface area contributed by atoms with Crippen LogP contribution in [0.2, 0.25) is 0 Å². The van der Waals surface area contributed by atoms with E-state index in [4.69, 9.17) is 4.74 Å². The summed E-state index contributed by atoms with van der Waals surface area (Å²) in [5, 5.41) is 10.0. The minimum absolute atomic E-state index is 0.0166. The first kappa shape index (κ1) is 19.4. The SMILES string of the molecule is CN1C(=O)CCc2c1ccc(Sc1cccc(C3(C)CC(O)CCO3)c1)c2F. The summed E-state index contributed by atoms with van der Waals surface area (Å²) in [6.07, 6.45) is 1.61. The number of ether oxygens (including phenoxy) is 1. The van der Waals surface area contributed by atoms with Gasteiger partial charge in [0.25, 0.3) is 0 Å². The van der Waals surface area contributed by atoms with Gasteiger partial charge in [-0.25, -0.2) is 4.39 Å². The Hall–Kier alpha value is -1.89. The second-order valence-corrected chi connectivity index (χ2v) is 8.80. The van der Waals surface area contributed by atoms with Crippen molar-refractivity contribution in [2.24, 2.45) is 0 Å². The second-order valence-electron chi connectivity index (χ2n) is 7.68. The van der Waals surface area contributed by atoms with Gasteiger partial charge < -0.3 is 14.7 Å². The maximum absolute atomic E-state index is 15.1. The zero-order valence-corrected chi connectivity index (χ0v) is 16.9. The molecule has 1 saturated heterocycles. The molecular weight excluding hydrogens is 377 g/mol. The van der Waals surface area contributed by atoms with E-state index in [1.54, 1.807) is 13.1 Å². The number of hydrogen-bond donors (Lipinski definition) is 1. The molecule has 2 aliphatic heterocycles. The molecule has 2 heterocycles. The van der Waals surface area contributed by atoms with Crippen LogP contribution in [0.15, 0.2) is 46.2 Å². The summed E-state index contributed by atoms with van der Waals surface area (Å²) in [5.74, 6) is -0.231. The number of aliphatic hydroxyl groups excluding tert-OH is 1. The number of carbonyl (C=O) groups is 1. The third-order valence-electron chi connectivity index (χ3n) is 5.68. The minimum Gasteiger partial charge on any atom is -0.393 e. The Bertz CT molecular complexity index is 919. The molecule has 0 spiro atoms. The predicted molar refractivity (Wildman–Crippen MR) is 107 cm³/mol. The molecule has 0 saturated carbocycles. The highest BCUT2D eigenvalue weighted by Gasteiger charge is 2.34. The van der Waals surface area contributed by atoms with Crippen LogP contribution in [0.1, 0.15) is 37.3 Å². The normalized spacial score (nSPS) is 24.9. The highest BCUT2D eigenvalue weighted by molar-refractivity contribution is 7.99. The largest absolute Gasteiger partial charge is 0.393 e. The van der Waals surface area contributed by atoms with Gasteiger partial charge in [0.2, 0.25) is 5.91 Å². The van der Waals surface area contributed by atoms with Gasteiger partial charge in [0.1, 0.15) is 5.82 Å². The van der Waals surface area contributed by atoms with Crippen molar-refractivity contribution in [2.75, 3.05) is 18.6 Å². The number of halogens is 1. The van der Waals surface area contributed by atoms with Gasteiger partial charge in [0.05, 0.1) is 18.3 Å². The molecule has 0 aliphatic carbocycles. The molecule has 28 heavy (non-hydrogen) atoms. The number of benzene rings is 2. The Morgan fingerprint density at radius 2 is 2.11 bits per heavy atom. The van der Waals surface area contributed by atoms with Gasteiger partial charge in [-0.1, -0.05) is 23.9 Å². The van der Waals surface area contributed by atoms with Crippen molar-refractivity contribution >= 4 is 23.4 Å². The van der Waals surface area contributed by atoms with E-state index in [1.807, 2.05) is 37.3 Å². The van der Waals surface area contributed by atoms with E-state index < -0.39 is 5.60 Å². The van der Waals surface area contributed by atoms with E-state index in [2.05, 4.69) is 0 Å². The quantitative estimate of drug-likeness (QED) is 0.834. The van der Waals surface area contributed by atoms with E-state index in [0.717, 1.165) is 10.5 Å². The van der Waals surface area contributed by atoms with Crippen LogP contribution in [-0.2, 0) is 21.6 Å². The first-order chi connectivity index (χ1) is 13.4. The zero-order valence-electron chi connectivity index (χ0n) is 16.1. The first-order valence-corrected chi connectivity index (χ1v) is 10.4. The summed E-state index contributed by atoms with van der Waals surface area (Å²) in [5.41, 5.74) is 1.71. The average molecular weight is 402 g/mol. The number of anilines is 1. The lowest BCUT2D eigenvalue weighted by Gasteiger charge is -2.37. The number of carbonyl (C=O) groups excluding carboxylic acids is 1. The van der Waals surface area contributed by atoms with Gasteiger partial charge in [0, 0.05) is 40.9 Å². The van der Waals surface area contributed by atoms with Crippen LogP contribution < -0.4 is 4.90 Å². The van der Waals surface area contributed by atoms with Gasteiger partial charge in [-0.3, -0.25) is 4.79 Å². The molecule has 148 valence electrons. The van der Waals surface area contributed by atoms with Crippen LogP contribution in [0.25, 0.3) is 0 Å². The molecule has 2 aromatic carbocycles. The summed E-state index contributed by atoms with van der Waals surface area (Å²) >= 11 is 1.37. The topological polar surface area (TPSA) is 49.8 Å². The van der Waals surface area contributed by atoms with Crippen molar-refractivity contribution in [1.82, 2.24) is 0 Å². The maximum atomic E-state index is 15.1. The molecule has 6 heteroatoms. The number of amides is 1. The molecule has 0 radical (unpaired) electrons. The number of rotatable bonds is 3. The molecule has 2 aliphatic rings. The molecule has 4 rings (SSSR count). The molecule has 0 bridgehead atoms. The molecule has 1 amide bonds. The van der Waals surface area contributed by atoms with E-state index in [9.17, 15) is 9.90 Å². The summed E-state index contributed by atoms with van der Waals surface area (Å²) in [6, 6.07) is 11.5. The smallest absolute Gasteiger partial charge is 0.227 e. The second kappa shape index (κ2) is 7.50. The van der Waals surface area contributed by atoms with Crippen molar-refractivity contribution in [3.63, 3.8) is 0 Å². The number of aliphatic hydroxyl groups is 1. The van der Waals surface area contributed by atoms with E-state index in [0.29, 0.717) is 48.4 Å². The van der Waals surface area contributed by atoms with Crippen LogP contribution >= 0.6 is 11.8 Å². The molecule has 0 aromatic heterocycles. The molecular formula is C22H24FNO3S. The molecule has 2 aromatic rings. The highest BCUT2D eigenvalue weighted by Crippen LogP contribution is 2.40. The fourth-order valence-electron chi connectivity index (χ4n) is 4.00. The number of hydrogen-bond acceptors (Lipinski definition) is 4.